The first kappa shape index (κ1) is 11.6. The van der Waals surface area contributed by atoms with E-state index < -0.39 is 0 Å². The number of aliphatic hydroxyl groups excluding tert-OH is 1. The second kappa shape index (κ2) is 4.57. The van der Waals surface area contributed by atoms with Gasteiger partial charge in [0.15, 0.2) is 0 Å². The van der Waals surface area contributed by atoms with Crippen molar-refractivity contribution in [2.45, 2.75) is 27.0 Å². The summed E-state index contributed by atoms with van der Waals surface area (Å²) in [5.41, 5.74) is 2.83. The second-order valence-electron chi connectivity index (χ2n) is 3.67. The van der Waals surface area contributed by atoms with E-state index in [2.05, 4.69) is 5.10 Å². The van der Waals surface area contributed by atoms with E-state index in [1.54, 1.807) is 11.3 Å². The molecule has 0 radical (unpaired) electrons. The quantitative estimate of drug-likeness (QED) is 0.917. The Kier molecular flexibility index (Phi) is 3.33. The molecule has 0 unspecified atom stereocenters. The summed E-state index contributed by atoms with van der Waals surface area (Å²) in [5, 5.41) is 13.6. The van der Waals surface area contributed by atoms with Crippen LogP contribution in [0.4, 0.5) is 0 Å². The maximum atomic E-state index is 9.21. The van der Waals surface area contributed by atoms with Crippen molar-refractivity contribution in [2.24, 2.45) is 0 Å². The summed E-state index contributed by atoms with van der Waals surface area (Å²) in [4.78, 5) is 1.17. The van der Waals surface area contributed by atoms with Crippen molar-refractivity contribution in [1.82, 2.24) is 9.78 Å². The van der Waals surface area contributed by atoms with Gasteiger partial charge in [0, 0.05) is 16.1 Å². The number of hydrogen-bond acceptors (Lipinski definition) is 3. The molecule has 3 nitrogen and oxygen atoms in total. The van der Waals surface area contributed by atoms with Crippen LogP contribution in [0.2, 0.25) is 4.34 Å². The standard InChI is InChI=1S/C11H13ClN2OS/c1-7-10(6-15)8(2)14(13-7)5-9-3-4-11(12)16-9/h3-4,15H,5-6H2,1-2H3. The third-order valence-corrected chi connectivity index (χ3v) is 3.84. The molecule has 0 bridgehead atoms. The van der Waals surface area contributed by atoms with Crippen LogP contribution in [0.25, 0.3) is 0 Å². The van der Waals surface area contributed by atoms with Gasteiger partial charge in [0.2, 0.25) is 0 Å². The number of halogens is 1. The molecular weight excluding hydrogens is 244 g/mol. The Balaban J connectivity index is 2.28. The first-order chi connectivity index (χ1) is 7.61. The minimum atomic E-state index is 0.0445. The van der Waals surface area contributed by atoms with Gasteiger partial charge >= 0.3 is 0 Å². The molecule has 0 amide bonds. The van der Waals surface area contributed by atoms with Gasteiger partial charge in [-0.05, 0) is 26.0 Å². The average molecular weight is 257 g/mol. The Morgan fingerprint density at radius 3 is 2.69 bits per heavy atom. The molecule has 0 spiro atoms. The van der Waals surface area contributed by atoms with E-state index in [1.165, 1.54) is 4.88 Å². The number of aliphatic hydroxyl groups is 1. The van der Waals surface area contributed by atoms with Crippen LogP contribution in [0.15, 0.2) is 12.1 Å². The van der Waals surface area contributed by atoms with Gasteiger partial charge in [-0.25, -0.2) is 0 Å². The minimum absolute atomic E-state index is 0.0445. The van der Waals surface area contributed by atoms with Crippen molar-refractivity contribution in [3.05, 3.63) is 38.3 Å². The molecule has 86 valence electrons. The number of rotatable bonds is 3. The molecular formula is C11H13ClN2OS. The van der Waals surface area contributed by atoms with Crippen LogP contribution in [0.3, 0.4) is 0 Å². The van der Waals surface area contributed by atoms with E-state index in [4.69, 9.17) is 11.6 Å². The van der Waals surface area contributed by atoms with Crippen LogP contribution in [0.1, 0.15) is 21.8 Å². The topological polar surface area (TPSA) is 38.0 Å². The van der Waals surface area contributed by atoms with E-state index in [-0.39, 0.29) is 6.61 Å². The molecule has 2 aromatic rings. The molecule has 0 aliphatic heterocycles. The Hall–Kier alpha value is -0.840. The molecule has 0 fully saturated rings. The molecule has 16 heavy (non-hydrogen) atoms. The molecule has 0 saturated carbocycles. The zero-order chi connectivity index (χ0) is 11.7. The molecule has 0 atom stereocenters. The number of thiophene rings is 1. The molecule has 0 aliphatic carbocycles. The number of aromatic nitrogens is 2. The lowest BCUT2D eigenvalue weighted by Crippen LogP contribution is -2.02. The lowest BCUT2D eigenvalue weighted by atomic mass is 10.2. The smallest absolute Gasteiger partial charge is 0.0931 e. The maximum Gasteiger partial charge on any atom is 0.0931 e. The van der Waals surface area contributed by atoms with Gasteiger partial charge in [0.05, 0.1) is 23.2 Å². The van der Waals surface area contributed by atoms with Gasteiger partial charge in [-0.15, -0.1) is 11.3 Å². The highest BCUT2D eigenvalue weighted by atomic mass is 35.5. The average Bonchev–Trinajstić information content (AvgIpc) is 2.74. The monoisotopic (exact) mass is 256 g/mol. The van der Waals surface area contributed by atoms with E-state index in [0.29, 0.717) is 6.54 Å². The zero-order valence-electron chi connectivity index (χ0n) is 9.20. The third kappa shape index (κ3) is 2.14. The summed E-state index contributed by atoms with van der Waals surface area (Å²) in [6, 6.07) is 3.89. The van der Waals surface area contributed by atoms with Crippen LogP contribution in [0, 0.1) is 13.8 Å². The van der Waals surface area contributed by atoms with Crippen LogP contribution >= 0.6 is 22.9 Å². The summed E-state index contributed by atoms with van der Waals surface area (Å²) < 4.78 is 2.70. The molecule has 0 aliphatic rings. The van der Waals surface area contributed by atoms with Crippen molar-refractivity contribution in [2.75, 3.05) is 0 Å². The summed E-state index contributed by atoms with van der Waals surface area (Å²) >= 11 is 7.44. The molecule has 2 aromatic heterocycles. The zero-order valence-corrected chi connectivity index (χ0v) is 10.8. The van der Waals surface area contributed by atoms with Crippen LogP contribution in [-0.4, -0.2) is 14.9 Å². The van der Waals surface area contributed by atoms with Gasteiger partial charge in [-0.2, -0.15) is 5.10 Å². The van der Waals surface area contributed by atoms with E-state index in [9.17, 15) is 5.11 Å². The SMILES string of the molecule is Cc1nn(Cc2ccc(Cl)s2)c(C)c1CO. The van der Waals surface area contributed by atoms with Crippen molar-refractivity contribution in [3.8, 4) is 0 Å². The van der Waals surface area contributed by atoms with Crippen molar-refractivity contribution in [3.63, 3.8) is 0 Å². The van der Waals surface area contributed by atoms with Crippen molar-refractivity contribution in [1.29, 1.82) is 0 Å². The highest BCUT2D eigenvalue weighted by molar-refractivity contribution is 7.16. The minimum Gasteiger partial charge on any atom is -0.392 e. The number of aryl methyl sites for hydroxylation is 1. The maximum absolute atomic E-state index is 9.21. The fourth-order valence-electron chi connectivity index (χ4n) is 1.70. The van der Waals surface area contributed by atoms with Gasteiger partial charge in [0.1, 0.15) is 0 Å². The Morgan fingerprint density at radius 1 is 1.44 bits per heavy atom. The summed E-state index contributed by atoms with van der Waals surface area (Å²) in [5.74, 6) is 0. The molecule has 5 heteroatoms. The third-order valence-electron chi connectivity index (χ3n) is 2.62. The van der Waals surface area contributed by atoms with Crippen molar-refractivity contribution < 1.29 is 5.11 Å². The van der Waals surface area contributed by atoms with Crippen LogP contribution in [-0.2, 0) is 13.2 Å². The first-order valence-corrected chi connectivity index (χ1v) is 6.19. The molecule has 0 aromatic carbocycles. The first-order valence-electron chi connectivity index (χ1n) is 4.99. The van der Waals surface area contributed by atoms with Crippen molar-refractivity contribution >= 4 is 22.9 Å². The number of hydrogen-bond donors (Lipinski definition) is 1. The highest BCUT2D eigenvalue weighted by Gasteiger charge is 2.11. The fraction of sp³-hybridized carbons (Fsp3) is 0.364. The predicted octanol–water partition coefficient (Wildman–Crippen LogP) is 2.76. The Morgan fingerprint density at radius 2 is 2.19 bits per heavy atom. The lowest BCUT2D eigenvalue weighted by molar-refractivity contribution is 0.280. The van der Waals surface area contributed by atoms with Crippen LogP contribution < -0.4 is 0 Å². The summed E-state index contributed by atoms with van der Waals surface area (Å²) in [6.45, 7) is 4.64. The Bertz CT molecular complexity index is 504. The van der Waals surface area contributed by atoms with Gasteiger partial charge < -0.3 is 5.11 Å². The molecule has 2 heterocycles. The predicted molar refractivity (Wildman–Crippen MR) is 66.1 cm³/mol. The summed E-state index contributed by atoms with van der Waals surface area (Å²) in [7, 11) is 0. The molecule has 0 saturated heterocycles. The van der Waals surface area contributed by atoms with Crippen LogP contribution in [0.5, 0.6) is 0 Å². The van der Waals surface area contributed by atoms with Gasteiger partial charge in [-0.1, -0.05) is 11.6 Å². The van der Waals surface area contributed by atoms with E-state index in [1.807, 2.05) is 30.7 Å². The summed E-state index contributed by atoms with van der Waals surface area (Å²) in [6.07, 6.45) is 0. The molecule has 1 N–H and O–H groups in total. The lowest BCUT2D eigenvalue weighted by Gasteiger charge is -2.02. The largest absolute Gasteiger partial charge is 0.392 e. The fourth-order valence-corrected chi connectivity index (χ4v) is 2.77. The second-order valence-corrected chi connectivity index (χ2v) is 5.47. The van der Waals surface area contributed by atoms with Gasteiger partial charge in [0.25, 0.3) is 0 Å². The normalized spacial score (nSPS) is 11.0. The van der Waals surface area contributed by atoms with E-state index >= 15 is 0 Å². The highest BCUT2D eigenvalue weighted by Crippen LogP contribution is 2.23. The Labute approximate surface area is 103 Å². The van der Waals surface area contributed by atoms with Gasteiger partial charge in [-0.3, -0.25) is 4.68 Å². The number of nitrogens with zero attached hydrogens (tertiary/aromatic N) is 2. The molecule has 2 rings (SSSR count). The van der Waals surface area contributed by atoms with E-state index in [0.717, 1.165) is 21.3 Å².